The molecule has 0 saturated heterocycles. The van der Waals surface area contributed by atoms with Crippen molar-refractivity contribution >= 4 is 40.5 Å². The molecule has 0 aliphatic heterocycles. The predicted molar refractivity (Wildman–Crippen MR) is 84.8 cm³/mol. The maximum atomic E-state index is 11.9. The highest BCUT2D eigenvalue weighted by Crippen LogP contribution is 2.27. The van der Waals surface area contributed by atoms with Crippen molar-refractivity contribution in [2.24, 2.45) is 5.41 Å². The number of benzene rings is 1. The zero-order valence-electron chi connectivity index (χ0n) is 11.8. The zero-order chi connectivity index (χ0) is 15.3. The van der Waals surface area contributed by atoms with Gasteiger partial charge < -0.3 is 15.7 Å². The first-order chi connectivity index (χ1) is 9.24. The van der Waals surface area contributed by atoms with Gasteiger partial charge in [0.25, 0.3) is 0 Å². The van der Waals surface area contributed by atoms with Crippen LogP contribution in [0.2, 0.25) is 5.02 Å². The number of alkyl halides is 1. The van der Waals surface area contributed by atoms with E-state index in [1.807, 2.05) is 20.8 Å². The first-order valence-corrected chi connectivity index (χ1v) is 7.24. The monoisotopic (exact) mass is 318 g/mol. The summed E-state index contributed by atoms with van der Waals surface area (Å²) in [6.07, 6.45) is -0.615. The van der Waals surface area contributed by atoms with E-state index in [1.165, 1.54) is 0 Å². The van der Waals surface area contributed by atoms with Crippen LogP contribution in [0.3, 0.4) is 0 Å². The highest BCUT2D eigenvalue weighted by atomic mass is 35.5. The molecule has 1 unspecified atom stereocenters. The highest BCUT2D eigenvalue weighted by Gasteiger charge is 2.21. The van der Waals surface area contributed by atoms with Crippen LogP contribution in [0.1, 0.15) is 20.8 Å². The lowest BCUT2D eigenvalue weighted by atomic mass is 9.95. The number of carbonyl (C=O) groups is 1. The first-order valence-electron chi connectivity index (χ1n) is 6.33. The van der Waals surface area contributed by atoms with Crippen LogP contribution in [0.4, 0.5) is 11.4 Å². The second-order valence-corrected chi connectivity index (χ2v) is 6.30. The molecule has 0 fully saturated rings. The van der Waals surface area contributed by atoms with Crippen LogP contribution in [0.5, 0.6) is 0 Å². The van der Waals surface area contributed by atoms with Crippen molar-refractivity contribution in [1.82, 2.24) is 0 Å². The van der Waals surface area contributed by atoms with Gasteiger partial charge in [-0.25, -0.2) is 0 Å². The number of halogens is 2. The van der Waals surface area contributed by atoms with Crippen molar-refractivity contribution in [3.63, 3.8) is 0 Å². The highest BCUT2D eigenvalue weighted by molar-refractivity contribution is 6.34. The number of aliphatic hydroxyl groups excluding tert-OH is 1. The van der Waals surface area contributed by atoms with Crippen molar-refractivity contribution in [2.75, 3.05) is 23.1 Å². The summed E-state index contributed by atoms with van der Waals surface area (Å²) in [6.45, 7) is 5.84. The van der Waals surface area contributed by atoms with Gasteiger partial charge in [-0.15, -0.1) is 11.6 Å². The van der Waals surface area contributed by atoms with E-state index in [2.05, 4.69) is 10.6 Å². The van der Waals surface area contributed by atoms with Gasteiger partial charge in [0.05, 0.1) is 22.7 Å². The Kier molecular flexibility index (Phi) is 6.11. The standard InChI is InChI=1S/C14H20Cl2N2O2/c1-14(2,3)13(20)18-12-5-4-9(6-11(12)16)17-8-10(19)7-15/h4-6,10,17,19H,7-8H2,1-3H3,(H,18,20). The molecule has 6 heteroatoms. The van der Waals surface area contributed by atoms with Crippen molar-refractivity contribution in [3.05, 3.63) is 23.2 Å². The average molecular weight is 319 g/mol. The molecular formula is C14H20Cl2N2O2. The Morgan fingerprint density at radius 3 is 2.55 bits per heavy atom. The predicted octanol–water partition coefficient (Wildman–Crippen LogP) is 3.34. The summed E-state index contributed by atoms with van der Waals surface area (Å²) in [7, 11) is 0. The zero-order valence-corrected chi connectivity index (χ0v) is 13.3. The number of nitrogens with one attached hydrogen (secondary N) is 2. The van der Waals surface area contributed by atoms with E-state index in [4.69, 9.17) is 23.2 Å². The van der Waals surface area contributed by atoms with E-state index in [-0.39, 0.29) is 11.8 Å². The minimum Gasteiger partial charge on any atom is -0.390 e. The van der Waals surface area contributed by atoms with E-state index in [1.54, 1.807) is 18.2 Å². The third-order valence-electron chi connectivity index (χ3n) is 2.62. The smallest absolute Gasteiger partial charge is 0.229 e. The topological polar surface area (TPSA) is 61.4 Å². The number of anilines is 2. The minimum absolute atomic E-state index is 0.0994. The Labute approximate surface area is 129 Å². The summed E-state index contributed by atoms with van der Waals surface area (Å²) in [5.74, 6) is 0.0677. The molecule has 0 bridgehead atoms. The Bertz CT molecular complexity index is 473. The van der Waals surface area contributed by atoms with Crippen LogP contribution in [0, 0.1) is 5.41 Å². The summed E-state index contributed by atoms with van der Waals surface area (Å²) in [5.41, 5.74) is 0.841. The Hall–Kier alpha value is -0.970. The normalized spacial score (nSPS) is 12.9. The molecule has 0 radical (unpaired) electrons. The van der Waals surface area contributed by atoms with Crippen molar-refractivity contribution < 1.29 is 9.90 Å². The number of rotatable bonds is 5. The minimum atomic E-state index is -0.615. The number of aliphatic hydroxyl groups is 1. The molecule has 0 aliphatic carbocycles. The molecule has 1 aromatic carbocycles. The molecule has 112 valence electrons. The molecule has 20 heavy (non-hydrogen) atoms. The van der Waals surface area contributed by atoms with Gasteiger partial charge in [0, 0.05) is 17.6 Å². The number of hydrogen-bond acceptors (Lipinski definition) is 3. The van der Waals surface area contributed by atoms with E-state index in [0.717, 1.165) is 5.69 Å². The third-order valence-corrected chi connectivity index (χ3v) is 3.29. The van der Waals surface area contributed by atoms with Gasteiger partial charge in [-0.1, -0.05) is 32.4 Å². The Balaban J connectivity index is 2.71. The van der Waals surface area contributed by atoms with Gasteiger partial charge in [-0.3, -0.25) is 4.79 Å². The van der Waals surface area contributed by atoms with Crippen LogP contribution >= 0.6 is 23.2 Å². The fourth-order valence-corrected chi connectivity index (χ4v) is 1.66. The molecule has 0 spiro atoms. The van der Waals surface area contributed by atoms with Crippen LogP contribution in [-0.2, 0) is 4.79 Å². The van der Waals surface area contributed by atoms with Gasteiger partial charge in [-0.2, -0.15) is 0 Å². The fraction of sp³-hybridized carbons (Fsp3) is 0.500. The summed E-state index contributed by atoms with van der Waals surface area (Å²) in [4.78, 5) is 11.9. The number of carbonyl (C=O) groups excluding carboxylic acids is 1. The Morgan fingerprint density at radius 2 is 2.05 bits per heavy atom. The van der Waals surface area contributed by atoms with Crippen molar-refractivity contribution in [1.29, 1.82) is 0 Å². The molecule has 3 N–H and O–H groups in total. The summed E-state index contributed by atoms with van der Waals surface area (Å²) in [5, 5.41) is 15.6. The van der Waals surface area contributed by atoms with Crippen molar-refractivity contribution in [3.8, 4) is 0 Å². The quantitative estimate of drug-likeness (QED) is 0.730. The fourth-order valence-electron chi connectivity index (χ4n) is 1.33. The molecule has 0 aromatic heterocycles. The molecule has 0 heterocycles. The van der Waals surface area contributed by atoms with E-state index in [0.29, 0.717) is 17.3 Å². The number of amides is 1. The molecular weight excluding hydrogens is 299 g/mol. The maximum absolute atomic E-state index is 11.9. The largest absolute Gasteiger partial charge is 0.390 e. The van der Waals surface area contributed by atoms with Gasteiger partial charge in [0.1, 0.15) is 0 Å². The summed E-state index contributed by atoms with van der Waals surface area (Å²) < 4.78 is 0. The van der Waals surface area contributed by atoms with E-state index in [9.17, 15) is 9.90 Å². The van der Waals surface area contributed by atoms with Crippen LogP contribution < -0.4 is 10.6 Å². The second-order valence-electron chi connectivity index (χ2n) is 5.59. The second kappa shape index (κ2) is 7.16. The lowest BCUT2D eigenvalue weighted by molar-refractivity contribution is -0.123. The molecule has 0 saturated carbocycles. The van der Waals surface area contributed by atoms with E-state index < -0.39 is 11.5 Å². The maximum Gasteiger partial charge on any atom is 0.229 e. The van der Waals surface area contributed by atoms with Crippen LogP contribution in [-0.4, -0.2) is 29.5 Å². The van der Waals surface area contributed by atoms with Crippen LogP contribution in [0.25, 0.3) is 0 Å². The molecule has 1 amide bonds. The van der Waals surface area contributed by atoms with Gasteiger partial charge in [0.2, 0.25) is 5.91 Å². The van der Waals surface area contributed by atoms with Gasteiger partial charge >= 0.3 is 0 Å². The average Bonchev–Trinajstić information content (AvgIpc) is 2.37. The molecule has 1 aromatic rings. The Morgan fingerprint density at radius 1 is 1.40 bits per heavy atom. The first kappa shape index (κ1) is 17.1. The molecule has 0 aliphatic rings. The summed E-state index contributed by atoms with van der Waals surface area (Å²) in [6, 6.07) is 5.20. The molecule has 4 nitrogen and oxygen atoms in total. The molecule has 1 atom stereocenters. The lowest BCUT2D eigenvalue weighted by Gasteiger charge is -2.18. The molecule has 1 rings (SSSR count). The summed E-state index contributed by atoms with van der Waals surface area (Å²) >= 11 is 11.6. The van der Waals surface area contributed by atoms with Crippen molar-refractivity contribution in [2.45, 2.75) is 26.9 Å². The van der Waals surface area contributed by atoms with Crippen LogP contribution in [0.15, 0.2) is 18.2 Å². The van der Waals surface area contributed by atoms with Gasteiger partial charge in [-0.05, 0) is 18.2 Å². The third kappa shape index (κ3) is 5.19. The number of hydrogen-bond donors (Lipinski definition) is 3. The SMILES string of the molecule is CC(C)(C)C(=O)Nc1ccc(NCC(O)CCl)cc1Cl. The van der Waals surface area contributed by atoms with E-state index >= 15 is 0 Å². The van der Waals surface area contributed by atoms with Gasteiger partial charge in [0.15, 0.2) is 0 Å². The lowest BCUT2D eigenvalue weighted by Crippen LogP contribution is -2.27.